The molecule has 0 aliphatic rings. The molecule has 0 N–H and O–H groups in total. The summed E-state index contributed by atoms with van der Waals surface area (Å²) >= 11 is 0. The number of fused-ring (bicyclic) bond motifs is 1. The van der Waals surface area contributed by atoms with E-state index < -0.39 is 0 Å². The van der Waals surface area contributed by atoms with Gasteiger partial charge in [-0.1, -0.05) is 30.3 Å². The van der Waals surface area contributed by atoms with Crippen LogP contribution in [0.15, 0.2) is 42.9 Å². The second-order valence-corrected chi connectivity index (χ2v) is 3.92. The molecule has 0 aliphatic heterocycles. The van der Waals surface area contributed by atoms with Crippen LogP contribution in [0.4, 0.5) is 0 Å². The first-order chi connectivity index (χ1) is 8.77. The predicted octanol–water partition coefficient (Wildman–Crippen LogP) is 1.59. The number of aromatic nitrogens is 4. The predicted molar refractivity (Wildman–Crippen MR) is 66.2 cm³/mol. The van der Waals surface area contributed by atoms with Crippen molar-refractivity contribution in [2.45, 2.75) is 0 Å². The molecule has 1 aromatic carbocycles. The van der Waals surface area contributed by atoms with Crippen molar-refractivity contribution in [1.82, 2.24) is 19.7 Å². The Balaban J connectivity index is 2.18. The van der Waals surface area contributed by atoms with E-state index in [-0.39, 0.29) is 5.78 Å². The molecule has 0 bridgehead atoms. The minimum Gasteiger partial charge on any atom is -0.287 e. The van der Waals surface area contributed by atoms with Crippen LogP contribution in [0.3, 0.4) is 0 Å². The Bertz CT molecular complexity index is 718. The summed E-state index contributed by atoms with van der Waals surface area (Å²) in [6.07, 6.45) is 3.01. The van der Waals surface area contributed by atoms with Gasteiger partial charge in [0.2, 0.25) is 5.78 Å². The zero-order valence-corrected chi connectivity index (χ0v) is 9.74. The summed E-state index contributed by atoms with van der Waals surface area (Å²) in [6, 6.07) is 9.07. The van der Waals surface area contributed by atoms with E-state index in [1.807, 2.05) is 18.2 Å². The summed E-state index contributed by atoms with van der Waals surface area (Å²) in [7, 11) is 1.78. The maximum atomic E-state index is 12.3. The quantitative estimate of drug-likeness (QED) is 0.636. The summed E-state index contributed by atoms with van der Waals surface area (Å²) in [5.41, 5.74) is 1.66. The molecule has 18 heavy (non-hydrogen) atoms. The number of carbonyl (C=O) groups excluding carboxylic acids is 1. The van der Waals surface area contributed by atoms with Crippen LogP contribution in [0.1, 0.15) is 16.1 Å². The molecule has 2 aromatic heterocycles. The smallest absolute Gasteiger partial charge is 0.212 e. The van der Waals surface area contributed by atoms with Crippen molar-refractivity contribution in [1.29, 1.82) is 0 Å². The van der Waals surface area contributed by atoms with Crippen LogP contribution >= 0.6 is 0 Å². The fourth-order valence-electron chi connectivity index (χ4n) is 1.87. The molecule has 3 rings (SSSR count). The lowest BCUT2D eigenvalue weighted by atomic mass is 10.1. The number of benzene rings is 1. The molecular weight excluding hydrogens is 228 g/mol. The van der Waals surface area contributed by atoms with Crippen LogP contribution in [0.25, 0.3) is 11.0 Å². The Hall–Kier alpha value is -2.56. The fraction of sp³-hybridized carbons (Fsp3) is 0.0769. The normalized spacial score (nSPS) is 10.7. The van der Waals surface area contributed by atoms with Gasteiger partial charge >= 0.3 is 0 Å². The van der Waals surface area contributed by atoms with Gasteiger partial charge in [-0.05, 0) is 0 Å². The third-order valence-electron chi connectivity index (χ3n) is 2.78. The Morgan fingerprint density at radius 1 is 1.17 bits per heavy atom. The first kappa shape index (κ1) is 10.6. The zero-order valence-electron chi connectivity index (χ0n) is 9.74. The van der Waals surface area contributed by atoms with Crippen LogP contribution in [0, 0.1) is 0 Å². The molecule has 0 radical (unpaired) electrons. The lowest BCUT2D eigenvalue weighted by molar-refractivity contribution is 0.103. The molecule has 88 valence electrons. The van der Waals surface area contributed by atoms with Crippen LogP contribution in [-0.4, -0.2) is 25.5 Å². The summed E-state index contributed by atoms with van der Waals surface area (Å²) in [4.78, 5) is 20.5. The maximum Gasteiger partial charge on any atom is 0.212 e. The molecular formula is C13H10N4O. The van der Waals surface area contributed by atoms with E-state index in [4.69, 9.17) is 0 Å². The van der Waals surface area contributed by atoms with E-state index in [1.54, 1.807) is 30.1 Å². The van der Waals surface area contributed by atoms with Gasteiger partial charge in [-0.25, -0.2) is 9.97 Å². The second-order valence-electron chi connectivity index (χ2n) is 3.92. The highest BCUT2D eigenvalue weighted by atomic mass is 16.1. The minimum absolute atomic E-state index is 0.115. The van der Waals surface area contributed by atoms with Crippen LogP contribution in [0.2, 0.25) is 0 Å². The summed E-state index contributed by atoms with van der Waals surface area (Å²) in [6.45, 7) is 0. The average molecular weight is 238 g/mol. The van der Waals surface area contributed by atoms with Crippen molar-refractivity contribution in [2.75, 3.05) is 0 Å². The lowest BCUT2D eigenvalue weighted by Crippen LogP contribution is -2.05. The number of rotatable bonds is 2. The van der Waals surface area contributed by atoms with Gasteiger partial charge in [-0.15, -0.1) is 0 Å². The van der Waals surface area contributed by atoms with Crippen molar-refractivity contribution in [3.05, 3.63) is 54.1 Å². The Labute approximate surface area is 103 Å². The van der Waals surface area contributed by atoms with Gasteiger partial charge < -0.3 is 0 Å². The lowest BCUT2D eigenvalue weighted by Gasteiger charge is -2.01. The molecule has 3 aromatic rings. The van der Waals surface area contributed by atoms with E-state index in [1.165, 1.54) is 6.33 Å². The SMILES string of the molecule is Cn1ncc2c(C(=O)c3ccccc3)ncnc21. The van der Waals surface area contributed by atoms with Gasteiger partial charge in [-0.2, -0.15) is 5.10 Å². The van der Waals surface area contributed by atoms with Crippen molar-refractivity contribution in [2.24, 2.45) is 7.05 Å². The molecule has 0 atom stereocenters. The molecule has 0 aliphatic carbocycles. The third kappa shape index (κ3) is 1.57. The topological polar surface area (TPSA) is 60.7 Å². The fourth-order valence-corrected chi connectivity index (χ4v) is 1.87. The number of hydrogen-bond donors (Lipinski definition) is 0. The summed E-state index contributed by atoms with van der Waals surface area (Å²) < 4.78 is 1.62. The van der Waals surface area contributed by atoms with Gasteiger partial charge in [-0.3, -0.25) is 9.48 Å². The molecule has 0 spiro atoms. The number of carbonyl (C=O) groups is 1. The second kappa shape index (κ2) is 4.03. The van der Waals surface area contributed by atoms with Crippen LogP contribution < -0.4 is 0 Å². The highest BCUT2D eigenvalue weighted by Crippen LogP contribution is 2.16. The van der Waals surface area contributed by atoms with Crippen molar-refractivity contribution >= 4 is 16.8 Å². The van der Waals surface area contributed by atoms with E-state index in [0.717, 1.165) is 0 Å². The monoisotopic (exact) mass is 238 g/mol. The first-order valence-electron chi connectivity index (χ1n) is 5.50. The number of aryl methyl sites for hydroxylation is 1. The van der Waals surface area contributed by atoms with E-state index >= 15 is 0 Å². The van der Waals surface area contributed by atoms with Gasteiger partial charge in [0.05, 0.1) is 11.6 Å². The number of hydrogen-bond acceptors (Lipinski definition) is 4. The van der Waals surface area contributed by atoms with Crippen molar-refractivity contribution in [3.8, 4) is 0 Å². The minimum atomic E-state index is -0.115. The van der Waals surface area contributed by atoms with Gasteiger partial charge in [0.1, 0.15) is 12.0 Å². The molecule has 2 heterocycles. The van der Waals surface area contributed by atoms with Crippen LogP contribution in [-0.2, 0) is 7.05 Å². The van der Waals surface area contributed by atoms with E-state index in [0.29, 0.717) is 22.3 Å². The maximum absolute atomic E-state index is 12.3. The summed E-state index contributed by atoms with van der Waals surface area (Å²) in [5, 5.41) is 4.77. The zero-order chi connectivity index (χ0) is 12.5. The highest BCUT2D eigenvalue weighted by Gasteiger charge is 2.16. The van der Waals surface area contributed by atoms with Crippen molar-refractivity contribution < 1.29 is 4.79 Å². The van der Waals surface area contributed by atoms with Gasteiger partial charge in [0.15, 0.2) is 5.65 Å². The number of ketones is 1. The van der Waals surface area contributed by atoms with E-state index in [2.05, 4.69) is 15.1 Å². The molecule has 0 fully saturated rings. The standard InChI is InChI=1S/C13H10N4O/c1-17-13-10(7-16-17)11(14-8-15-13)12(18)9-5-3-2-4-6-9/h2-8H,1H3. The molecule has 5 heteroatoms. The summed E-state index contributed by atoms with van der Waals surface area (Å²) in [5.74, 6) is -0.115. The molecule has 5 nitrogen and oxygen atoms in total. The third-order valence-corrected chi connectivity index (χ3v) is 2.78. The highest BCUT2D eigenvalue weighted by molar-refractivity contribution is 6.13. The molecule has 0 unspecified atom stereocenters. The van der Waals surface area contributed by atoms with Gasteiger partial charge in [0.25, 0.3) is 0 Å². The van der Waals surface area contributed by atoms with Crippen LogP contribution in [0.5, 0.6) is 0 Å². The number of nitrogens with zero attached hydrogens (tertiary/aromatic N) is 4. The largest absolute Gasteiger partial charge is 0.287 e. The Morgan fingerprint density at radius 3 is 2.72 bits per heavy atom. The van der Waals surface area contributed by atoms with E-state index in [9.17, 15) is 4.79 Å². The Kier molecular flexibility index (Phi) is 2.37. The molecule has 0 saturated carbocycles. The first-order valence-corrected chi connectivity index (χ1v) is 5.50. The molecule has 0 amide bonds. The van der Waals surface area contributed by atoms with Crippen molar-refractivity contribution in [3.63, 3.8) is 0 Å². The average Bonchev–Trinajstić information content (AvgIpc) is 2.81. The molecule has 0 saturated heterocycles. The Morgan fingerprint density at radius 2 is 1.94 bits per heavy atom. The van der Waals surface area contributed by atoms with Gasteiger partial charge in [0, 0.05) is 12.6 Å².